The maximum Gasteiger partial charge on any atom is 0.165 e. The number of aryl methyl sites for hydroxylation is 1. The summed E-state index contributed by atoms with van der Waals surface area (Å²) in [5.41, 5.74) is 3.37. The molecule has 2 heteroatoms. The zero-order valence-electron chi connectivity index (χ0n) is 12.1. The fourth-order valence-electron chi connectivity index (χ4n) is 2.75. The van der Waals surface area contributed by atoms with E-state index in [1.54, 1.807) is 0 Å². The topological polar surface area (TPSA) is 40.9 Å². The van der Waals surface area contributed by atoms with Gasteiger partial charge < -0.3 is 0 Å². The van der Waals surface area contributed by atoms with Crippen LogP contribution in [0.2, 0.25) is 0 Å². The van der Waals surface area contributed by atoms with Crippen LogP contribution < -0.4 is 0 Å². The fraction of sp³-hybridized carbons (Fsp3) is 0.444. The van der Waals surface area contributed by atoms with Gasteiger partial charge in [0.05, 0.1) is 6.07 Å². The van der Waals surface area contributed by atoms with E-state index in [0.29, 0.717) is 6.42 Å². The molecule has 1 aromatic rings. The number of carbonyl (C=O) groups is 1. The van der Waals surface area contributed by atoms with Crippen molar-refractivity contribution in [2.24, 2.45) is 5.92 Å². The number of nitriles is 1. The highest BCUT2D eigenvalue weighted by molar-refractivity contribution is 5.97. The fourth-order valence-corrected chi connectivity index (χ4v) is 2.75. The number of benzene rings is 1. The molecule has 1 aromatic carbocycles. The molecule has 0 radical (unpaired) electrons. The van der Waals surface area contributed by atoms with Gasteiger partial charge >= 0.3 is 0 Å². The summed E-state index contributed by atoms with van der Waals surface area (Å²) >= 11 is 0. The number of carbonyl (C=O) groups excluding carboxylic acids is 1. The Hall–Kier alpha value is -1.88. The van der Waals surface area contributed by atoms with Crippen molar-refractivity contribution in [3.8, 4) is 6.07 Å². The molecule has 104 valence electrons. The van der Waals surface area contributed by atoms with Crippen LogP contribution in [0.1, 0.15) is 54.4 Å². The Labute approximate surface area is 121 Å². The van der Waals surface area contributed by atoms with Crippen molar-refractivity contribution in [3.63, 3.8) is 0 Å². The van der Waals surface area contributed by atoms with Gasteiger partial charge in [-0.3, -0.25) is 4.79 Å². The van der Waals surface area contributed by atoms with Crippen LogP contribution in [0, 0.1) is 24.2 Å². The number of ketones is 1. The lowest BCUT2D eigenvalue weighted by molar-refractivity contribution is 0.0908. The van der Waals surface area contributed by atoms with Gasteiger partial charge in [0.15, 0.2) is 5.78 Å². The highest BCUT2D eigenvalue weighted by Gasteiger charge is 2.21. The summed E-state index contributed by atoms with van der Waals surface area (Å²) in [6, 6.07) is 10.1. The number of rotatable bonds is 4. The quantitative estimate of drug-likeness (QED) is 0.591. The second-order valence-corrected chi connectivity index (χ2v) is 5.56. The van der Waals surface area contributed by atoms with Crippen molar-refractivity contribution < 1.29 is 4.79 Å². The number of hydrogen-bond donors (Lipinski definition) is 0. The first-order valence-corrected chi connectivity index (χ1v) is 7.36. The van der Waals surface area contributed by atoms with Gasteiger partial charge in [-0.2, -0.15) is 5.26 Å². The number of nitrogens with zero attached hydrogens (tertiary/aromatic N) is 1. The van der Waals surface area contributed by atoms with Gasteiger partial charge in [-0.25, -0.2) is 0 Å². The zero-order chi connectivity index (χ0) is 14.4. The lowest BCUT2D eigenvalue weighted by Crippen LogP contribution is -2.14. The zero-order valence-corrected chi connectivity index (χ0v) is 12.1. The van der Waals surface area contributed by atoms with Crippen LogP contribution >= 0.6 is 0 Å². The predicted octanol–water partition coefficient (Wildman–Crippen LogP) is 4.60. The van der Waals surface area contributed by atoms with Crippen LogP contribution in [-0.2, 0) is 0 Å². The molecular weight excluding hydrogens is 246 g/mol. The van der Waals surface area contributed by atoms with Crippen LogP contribution in [0.25, 0.3) is 0 Å². The number of Topliss-reactive ketones (excluding diaryl/α,β-unsaturated/α-hetero) is 1. The van der Waals surface area contributed by atoms with Crippen LogP contribution in [0.5, 0.6) is 0 Å². The normalized spacial score (nSPS) is 18.8. The largest absolute Gasteiger partial charge is 0.294 e. The monoisotopic (exact) mass is 267 g/mol. The maximum absolute atomic E-state index is 12.5. The first-order valence-electron chi connectivity index (χ1n) is 7.36. The Balaban J connectivity index is 1.96. The highest BCUT2D eigenvalue weighted by Crippen LogP contribution is 2.28. The van der Waals surface area contributed by atoms with Crippen molar-refractivity contribution in [2.75, 3.05) is 0 Å². The maximum atomic E-state index is 12.5. The molecule has 0 saturated heterocycles. The smallest absolute Gasteiger partial charge is 0.165 e. The minimum atomic E-state index is 0.133. The van der Waals surface area contributed by atoms with E-state index in [4.69, 9.17) is 5.26 Å². The molecule has 2 nitrogen and oxygen atoms in total. The number of allylic oxidation sites excluding steroid dienone is 2. The van der Waals surface area contributed by atoms with Gasteiger partial charge in [0.25, 0.3) is 0 Å². The van der Waals surface area contributed by atoms with Crippen molar-refractivity contribution in [1.29, 1.82) is 5.26 Å². The lowest BCUT2D eigenvalue weighted by Gasteiger charge is -2.13. The molecule has 0 spiro atoms. The first kappa shape index (κ1) is 14.5. The molecule has 2 rings (SSSR count). The molecule has 0 aromatic heterocycles. The van der Waals surface area contributed by atoms with Gasteiger partial charge in [-0.1, -0.05) is 41.5 Å². The van der Waals surface area contributed by atoms with E-state index in [1.165, 1.54) is 11.1 Å². The Kier molecular flexibility index (Phi) is 5.12. The summed E-state index contributed by atoms with van der Waals surface area (Å²) in [5, 5.41) is 8.65. The summed E-state index contributed by atoms with van der Waals surface area (Å²) in [6.07, 6.45) is 7.46. The van der Waals surface area contributed by atoms with Gasteiger partial charge in [0.1, 0.15) is 0 Å². The van der Waals surface area contributed by atoms with Crippen molar-refractivity contribution in [3.05, 3.63) is 47.0 Å². The molecule has 0 heterocycles. The van der Waals surface area contributed by atoms with Crippen LogP contribution in [0.3, 0.4) is 0 Å². The molecule has 1 atom stereocenters. The summed E-state index contributed by atoms with van der Waals surface area (Å²) in [7, 11) is 0. The minimum absolute atomic E-state index is 0.133. The second kappa shape index (κ2) is 7.05. The standard InChI is InChI=1S/C18H21NO/c1-14-7-10-17(11-8-14)18(20)16-6-2-4-15(9-12-16)5-3-13-19/h4,7-8,10-11,16H,2-3,5-6,9,12H2,1H3. The Morgan fingerprint density at radius 3 is 2.75 bits per heavy atom. The van der Waals surface area contributed by atoms with Crippen LogP contribution in [0.4, 0.5) is 0 Å². The molecule has 1 unspecified atom stereocenters. The van der Waals surface area contributed by atoms with Crippen molar-refractivity contribution in [1.82, 2.24) is 0 Å². The van der Waals surface area contributed by atoms with E-state index in [1.807, 2.05) is 31.2 Å². The van der Waals surface area contributed by atoms with E-state index >= 15 is 0 Å². The molecule has 0 fully saturated rings. The summed E-state index contributed by atoms with van der Waals surface area (Å²) < 4.78 is 0. The Morgan fingerprint density at radius 1 is 1.30 bits per heavy atom. The summed E-state index contributed by atoms with van der Waals surface area (Å²) in [4.78, 5) is 12.5. The second-order valence-electron chi connectivity index (χ2n) is 5.56. The van der Waals surface area contributed by atoms with Gasteiger partial charge in [0, 0.05) is 17.9 Å². The third-order valence-corrected chi connectivity index (χ3v) is 4.03. The molecule has 0 bridgehead atoms. The van der Waals surface area contributed by atoms with Gasteiger partial charge in [-0.05, 0) is 39.0 Å². The van der Waals surface area contributed by atoms with E-state index in [9.17, 15) is 4.79 Å². The lowest BCUT2D eigenvalue weighted by atomic mass is 9.90. The third kappa shape index (κ3) is 3.81. The summed E-state index contributed by atoms with van der Waals surface area (Å²) in [5.74, 6) is 0.411. The third-order valence-electron chi connectivity index (χ3n) is 4.03. The molecule has 0 aliphatic heterocycles. The first-order chi connectivity index (χ1) is 9.70. The van der Waals surface area contributed by atoms with Crippen molar-refractivity contribution in [2.45, 2.75) is 45.4 Å². The summed E-state index contributed by atoms with van der Waals surface area (Å²) in [6.45, 7) is 2.03. The SMILES string of the molecule is Cc1ccc(C(=O)C2CCC=C(CCC#N)CC2)cc1. The average Bonchev–Trinajstić information content (AvgIpc) is 2.70. The van der Waals surface area contributed by atoms with E-state index in [0.717, 1.165) is 37.7 Å². The Bertz CT molecular complexity index is 534. The minimum Gasteiger partial charge on any atom is -0.294 e. The van der Waals surface area contributed by atoms with E-state index in [2.05, 4.69) is 12.1 Å². The van der Waals surface area contributed by atoms with Crippen molar-refractivity contribution >= 4 is 5.78 Å². The van der Waals surface area contributed by atoms with Crippen LogP contribution in [0.15, 0.2) is 35.9 Å². The van der Waals surface area contributed by atoms with E-state index in [-0.39, 0.29) is 11.7 Å². The number of hydrogen-bond acceptors (Lipinski definition) is 2. The van der Waals surface area contributed by atoms with Crippen LogP contribution in [-0.4, -0.2) is 5.78 Å². The molecular formula is C18H21NO. The average molecular weight is 267 g/mol. The predicted molar refractivity (Wildman–Crippen MR) is 80.4 cm³/mol. The molecule has 0 saturated carbocycles. The van der Waals surface area contributed by atoms with Gasteiger partial charge in [-0.15, -0.1) is 0 Å². The molecule has 1 aliphatic rings. The molecule has 0 amide bonds. The molecule has 0 N–H and O–H groups in total. The van der Waals surface area contributed by atoms with Gasteiger partial charge in [0.2, 0.25) is 0 Å². The highest BCUT2D eigenvalue weighted by atomic mass is 16.1. The molecule has 1 aliphatic carbocycles. The van der Waals surface area contributed by atoms with E-state index < -0.39 is 0 Å². The Morgan fingerprint density at radius 2 is 2.05 bits per heavy atom. The molecule has 20 heavy (non-hydrogen) atoms.